The van der Waals surface area contributed by atoms with Crippen molar-refractivity contribution in [2.24, 2.45) is 5.41 Å². The van der Waals surface area contributed by atoms with E-state index in [9.17, 15) is 14.0 Å². The van der Waals surface area contributed by atoms with Gasteiger partial charge in [-0.1, -0.05) is 92.0 Å². The second-order valence-electron chi connectivity index (χ2n) is 23.0. The number of rotatable bonds is 23. The lowest BCUT2D eigenvalue weighted by Crippen LogP contribution is -2.38. The molecule has 2 fully saturated rings. The van der Waals surface area contributed by atoms with Crippen LogP contribution in [0.1, 0.15) is 68.6 Å². The third-order valence-electron chi connectivity index (χ3n) is 14.1. The number of hydrogen-bond acceptors (Lipinski definition) is 14. The molecule has 0 saturated heterocycles. The number of nitrogens with zero attached hydrogens (tertiary/aromatic N) is 10. The number of benzene rings is 2. The molecule has 0 aliphatic heterocycles. The highest BCUT2D eigenvalue weighted by atomic mass is 35.5. The van der Waals surface area contributed by atoms with Crippen LogP contribution in [0.25, 0.3) is 0 Å². The topological polar surface area (TPSA) is 201 Å². The first-order valence-electron chi connectivity index (χ1n) is 26.9. The van der Waals surface area contributed by atoms with E-state index in [0.29, 0.717) is 93.9 Å². The molecule has 2 aliphatic carbocycles. The van der Waals surface area contributed by atoms with Gasteiger partial charge in [-0.3, -0.25) is 0 Å². The van der Waals surface area contributed by atoms with Crippen molar-refractivity contribution in [1.82, 2.24) is 50.2 Å². The fraction of sp³-hybridized carbons (Fsp3) is 0.464. The number of aromatic amines is 1. The Kier molecular flexibility index (Phi) is 20.0. The third kappa shape index (κ3) is 17.4. The van der Waals surface area contributed by atoms with Crippen LogP contribution in [0, 0.1) is 28.4 Å². The minimum absolute atomic E-state index is 0.0433. The fourth-order valence-corrected chi connectivity index (χ4v) is 11.4. The molecule has 0 radical (unpaired) electrons. The van der Waals surface area contributed by atoms with Crippen LogP contribution in [0.4, 0.5) is 32.1 Å². The molecule has 0 atom stereocenters. The molecule has 5 heterocycles. The third-order valence-corrected chi connectivity index (χ3v) is 18.1. The minimum Gasteiger partial charge on any atom is -0.487 e. The normalized spacial score (nSPS) is 19.5. The zero-order chi connectivity index (χ0) is 56.0. The Labute approximate surface area is 473 Å². The summed E-state index contributed by atoms with van der Waals surface area (Å²) in [5, 5.41) is 40.9. The van der Waals surface area contributed by atoms with Gasteiger partial charge in [-0.15, -0.1) is 10.2 Å². The fourth-order valence-electron chi connectivity index (χ4n) is 9.55. The molecule has 17 nitrogen and oxygen atoms in total. The summed E-state index contributed by atoms with van der Waals surface area (Å²) in [5.74, 6) is 2.67. The molecule has 420 valence electrons. The van der Waals surface area contributed by atoms with E-state index in [4.69, 9.17) is 52.1 Å². The molecule has 3 N–H and O–H groups in total. The number of nitriles is 1. The predicted octanol–water partition coefficient (Wildman–Crippen LogP) is 13.3. The van der Waals surface area contributed by atoms with Crippen molar-refractivity contribution < 1.29 is 27.7 Å². The van der Waals surface area contributed by atoms with Crippen molar-refractivity contribution in [3.05, 3.63) is 136 Å². The number of halogens is 4. The van der Waals surface area contributed by atoms with Crippen molar-refractivity contribution in [2.45, 2.75) is 147 Å². The summed E-state index contributed by atoms with van der Waals surface area (Å²) in [5.41, 5.74) is 0.827. The molecule has 9 rings (SSSR count). The maximum absolute atomic E-state index is 14.4. The molecular formula is C56H71Cl2F2N13O4Si2. The summed E-state index contributed by atoms with van der Waals surface area (Å²) in [6.07, 6.45) is 10.1. The second kappa shape index (κ2) is 26.8. The molecule has 0 amide bonds. The average Bonchev–Trinajstić information content (AvgIpc) is 4.35. The van der Waals surface area contributed by atoms with Crippen LogP contribution < -0.4 is 20.1 Å². The molecule has 2 aliphatic rings. The monoisotopic (exact) mass is 1150 g/mol. The van der Waals surface area contributed by atoms with Crippen LogP contribution in [-0.2, 0) is 41.2 Å². The van der Waals surface area contributed by atoms with Crippen molar-refractivity contribution >= 4 is 62.6 Å². The van der Waals surface area contributed by atoms with E-state index in [2.05, 4.69) is 86.8 Å². The Morgan fingerprint density at radius 2 is 1.11 bits per heavy atom. The SMILES string of the molecule is C[Si](C)(C)CCOCn1ccc(Nc2cccc(CC3(C#N)CCC(Oc4cccc(Cl)c4F)CC3)n2)n1.C[Si](C)(C)CCOCn1ccc(Nc2cccc(CC3(c4nn[nH]n4)CCC(Oc4cccc(Cl)c4F)CC3)n2)n1. The molecule has 5 aromatic heterocycles. The van der Waals surface area contributed by atoms with Gasteiger partial charge in [0.1, 0.15) is 25.1 Å². The van der Waals surface area contributed by atoms with Crippen molar-refractivity contribution in [1.29, 1.82) is 5.26 Å². The Morgan fingerprint density at radius 3 is 1.57 bits per heavy atom. The number of aromatic nitrogens is 10. The van der Waals surface area contributed by atoms with E-state index in [1.165, 1.54) is 12.1 Å². The number of nitrogens with one attached hydrogen (secondary N) is 3. The first-order chi connectivity index (χ1) is 37.8. The summed E-state index contributed by atoms with van der Waals surface area (Å²) >= 11 is 11.8. The van der Waals surface area contributed by atoms with Gasteiger partial charge in [0.25, 0.3) is 0 Å². The predicted molar refractivity (Wildman–Crippen MR) is 308 cm³/mol. The van der Waals surface area contributed by atoms with E-state index < -0.39 is 33.2 Å². The van der Waals surface area contributed by atoms with E-state index >= 15 is 0 Å². The molecule has 0 unspecified atom stereocenters. The average molecular weight is 1160 g/mol. The van der Waals surface area contributed by atoms with Crippen LogP contribution in [0.15, 0.2) is 97.3 Å². The number of ether oxygens (including phenoxy) is 4. The number of tetrazole rings is 1. The summed E-state index contributed by atoms with van der Waals surface area (Å²) < 4.78 is 55.6. The van der Waals surface area contributed by atoms with E-state index in [-0.39, 0.29) is 39.2 Å². The molecule has 0 bridgehead atoms. The van der Waals surface area contributed by atoms with E-state index in [1.807, 2.05) is 60.9 Å². The van der Waals surface area contributed by atoms with Crippen LogP contribution in [-0.4, -0.2) is 91.7 Å². The van der Waals surface area contributed by atoms with Gasteiger partial charge in [-0.05, 0) is 112 Å². The molecule has 79 heavy (non-hydrogen) atoms. The summed E-state index contributed by atoms with van der Waals surface area (Å²) in [6.45, 7) is 16.3. The standard InChI is InChI=1S/C28H36ClFN8O2Si.C28H35ClFN5O2Si/c1-41(2,3)17-16-39-19-38-15-12-25(35-38)32-24-9-4-6-20(31-24)18-28(27-33-36-37-34-27)13-10-21(11-14-28)40-23-8-5-7-22(29)26(23)30;1-38(2,3)17-16-36-20-35-15-12-26(34-35)33-25-9-4-6-21(32-25)18-28(19-31)13-10-22(11-14-28)37-24-8-5-7-23(29)27(24)30/h4-9,12,15,21H,10-11,13-14,16-19H2,1-3H3,(H,31,32,35)(H,33,34,36,37);4-9,12,15,22H,10-11,13-14,16-18,20H2,1-3H3,(H,32,33,34). The molecular weight excluding hydrogens is 1080 g/mol. The lowest BCUT2D eigenvalue weighted by molar-refractivity contribution is 0.0787. The van der Waals surface area contributed by atoms with E-state index in [1.54, 1.807) is 33.6 Å². The van der Waals surface area contributed by atoms with Gasteiger partial charge in [0.2, 0.25) is 0 Å². The quantitative estimate of drug-likeness (QED) is 0.0403. The van der Waals surface area contributed by atoms with Gasteiger partial charge in [-0.25, -0.2) is 28.1 Å². The number of H-pyrrole nitrogens is 1. The summed E-state index contributed by atoms with van der Waals surface area (Å²) in [6, 6.07) is 29.8. The van der Waals surface area contributed by atoms with Gasteiger partial charge < -0.3 is 29.6 Å². The Balaban J connectivity index is 0.000000209. The van der Waals surface area contributed by atoms with Gasteiger partial charge in [-0.2, -0.15) is 20.7 Å². The van der Waals surface area contributed by atoms with Gasteiger partial charge >= 0.3 is 0 Å². The zero-order valence-electron chi connectivity index (χ0n) is 45.8. The Bertz CT molecular complexity index is 3100. The van der Waals surface area contributed by atoms with E-state index in [0.717, 1.165) is 49.5 Å². The molecule has 2 aromatic carbocycles. The maximum atomic E-state index is 14.4. The van der Waals surface area contributed by atoms with Gasteiger partial charge in [0.15, 0.2) is 40.6 Å². The van der Waals surface area contributed by atoms with Crippen LogP contribution in [0.3, 0.4) is 0 Å². The first-order valence-corrected chi connectivity index (χ1v) is 35.1. The highest BCUT2D eigenvalue weighted by Crippen LogP contribution is 2.43. The lowest BCUT2D eigenvalue weighted by Gasteiger charge is -2.37. The van der Waals surface area contributed by atoms with Crippen LogP contribution in [0.5, 0.6) is 11.5 Å². The number of hydrogen-bond donors (Lipinski definition) is 3. The Morgan fingerprint density at radius 1 is 0.646 bits per heavy atom. The van der Waals surface area contributed by atoms with Crippen LogP contribution in [0.2, 0.25) is 61.4 Å². The molecule has 23 heteroatoms. The molecule has 2 saturated carbocycles. The molecule has 7 aromatic rings. The van der Waals surface area contributed by atoms with Crippen LogP contribution >= 0.6 is 23.2 Å². The first kappa shape index (κ1) is 58.9. The second-order valence-corrected chi connectivity index (χ2v) is 35.0. The highest BCUT2D eigenvalue weighted by Gasteiger charge is 2.42. The largest absolute Gasteiger partial charge is 0.487 e. The zero-order valence-corrected chi connectivity index (χ0v) is 49.3. The van der Waals surface area contributed by atoms with Crippen molar-refractivity contribution in [3.63, 3.8) is 0 Å². The van der Waals surface area contributed by atoms with Gasteiger partial charge in [0.05, 0.1) is 33.7 Å². The molecule has 0 spiro atoms. The summed E-state index contributed by atoms with van der Waals surface area (Å²) in [4.78, 5) is 9.61. The minimum atomic E-state index is -1.12. The van der Waals surface area contributed by atoms with Crippen molar-refractivity contribution in [2.75, 3.05) is 23.8 Å². The number of anilines is 4. The van der Waals surface area contributed by atoms with Gasteiger partial charge in [0, 0.05) is 83.5 Å². The number of pyridine rings is 2. The van der Waals surface area contributed by atoms with Crippen molar-refractivity contribution in [3.8, 4) is 17.6 Å². The smallest absolute Gasteiger partial charge is 0.183 e. The lowest BCUT2D eigenvalue weighted by atomic mass is 9.69. The maximum Gasteiger partial charge on any atom is 0.183 e. The Hall–Kier alpha value is -6.29. The summed E-state index contributed by atoms with van der Waals surface area (Å²) in [7, 11) is -2.24. The highest BCUT2D eigenvalue weighted by molar-refractivity contribution is 6.76.